The Morgan fingerprint density at radius 2 is 1.10 bits per heavy atom. The van der Waals surface area contributed by atoms with Gasteiger partial charge in [0.2, 0.25) is 0 Å². The van der Waals surface area contributed by atoms with E-state index in [1.165, 1.54) is 0 Å². The summed E-state index contributed by atoms with van der Waals surface area (Å²) in [6.45, 7) is 10.8. The molecule has 0 bridgehead atoms. The van der Waals surface area contributed by atoms with Crippen LogP contribution in [-0.2, 0) is 19.1 Å². The fourth-order valence-corrected chi connectivity index (χ4v) is 1.36. The quantitative estimate of drug-likeness (QED) is 0.449. The number of hydrogen-bond donors (Lipinski definition) is 0. The zero-order valence-corrected chi connectivity index (χ0v) is 13.0. The van der Waals surface area contributed by atoms with Gasteiger partial charge < -0.3 is 9.47 Å². The largest absolute Gasteiger partial charge is 0.456 e. The molecule has 0 aromatic heterocycles. The molecule has 0 aliphatic carbocycles. The van der Waals surface area contributed by atoms with E-state index in [-0.39, 0.29) is 13.2 Å². The van der Waals surface area contributed by atoms with Crippen LogP contribution in [0.4, 0.5) is 0 Å². The molecule has 0 atom stereocenters. The number of esters is 2. The number of rotatable bonds is 4. The number of hydrogen-bond acceptors (Lipinski definition) is 4. The summed E-state index contributed by atoms with van der Waals surface area (Å²) in [5, 5.41) is 0. The van der Waals surface area contributed by atoms with Gasteiger partial charge in [-0.15, -0.1) is 11.8 Å². The van der Waals surface area contributed by atoms with Gasteiger partial charge in [-0.2, -0.15) is 0 Å². The van der Waals surface area contributed by atoms with Crippen LogP contribution < -0.4 is 0 Å². The minimum atomic E-state index is -1.00. The van der Waals surface area contributed by atoms with Gasteiger partial charge in [-0.05, 0) is 41.5 Å². The Bertz CT molecular complexity index is 432. The summed E-state index contributed by atoms with van der Waals surface area (Å²) in [5.41, 5.74) is -0.977. The summed E-state index contributed by atoms with van der Waals surface area (Å²) in [6.07, 6.45) is 0. The van der Waals surface area contributed by atoms with E-state index in [0.717, 1.165) is 0 Å². The second-order valence-electron chi connectivity index (χ2n) is 5.67. The SMILES string of the molecule is CC#CC(C)(C)COC(=O)C(=O)OCC(C)(C)C#CC. The summed E-state index contributed by atoms with van der Waals surface area (Å²) in [4.78, 5) is 23.0. The lowest BCUT2D eigenvalue weighted by atomic mass is 9.96. The molecule has 0 spiro atoms. The molecule has 4 heteroatoms. The summed E-state index contributed by atoms with van der Waals surface area (Å²) in [7, 11) is 0. The first-order valence-electron chi connectivity index (χ1n) is 6.35. The molecule has 0 aromatic carbocycles. The minimum absolute atomic E-state index is 0.0416. The van der Waals surface area contributed by atoms with Gasteiger partial charge in [0, 0.05) is 0 Å². The topological polar surface area (TPSA) is 52.6 Å². The molecule has 110 valence electrons. The first-order chi connectivity index (χ1) is 9.13. The van der Waals surface area contributed by atoms with Crippen molar-refractivity contribution in [3.05, 3.63) is 0 Å². The van der Waals surface area contributed by atoms with Crippen LogP contribution >= 0.6 is 0 Å². The number of carbonyl (C=O) groups is 2. The molecule has 0 saturated carbocycles. The first-order valence-corrected chi connectivity index (χ1v) is 6.35. The highest BCUT2D eigenvalue weighted by molar-refractivity contribution is 6.29. The molecule has 0 rings (SSSR count). The molecule has 0 heterocycles. The maximum absolute atomic E-state index is 11.5. The van der Waals surface area contributed by atoms with Crippen molar-refractivity contribution in [3.8, 4) is 23.7 Å². The molecule has 0 fully saturated rings. The van der Waals surface area contributed by atoms with Crippen LogP contribution in [-0.4, -0.2) is 25.2 Å². The number of carbonyl (C=O) groups excluding carboxylic acids is 2. The van der Waals surface area contributed by atoms with Crippen LogP contribution in [0, 0.1) is 34.5 Å². The van der Waals surface area contributed by atoms with Gasteiger partial charge >= 0.3 is 11.9 Å². The monoisotopic (exact) mass is 278 g/mol. The third-order valence-corrected chi connectivity index (χ3v) is 2.22. The van der Waals surface area contributed by atoms with Gasteiger partial charge in [0.25, 0.3) is 0 Å². The minimum Gasteiger partial charge on any atom is -0.456 e. The smallest absolute Gasteiger partial charge is 0.417 e. The lowest BCUT2D eigenvalue weighted by molar-refractivity contribution is -0.170. The standard InChI is InChI=1S/C16H22O4/c1-7-9-15(3,4)11-19-13(17)14(18)20-12-16(5,6)10-8-2/h11-12H2,1-6H3. The van der Waals surface area contributed by atoms with E-state index >= 15 is 0 Å². The Morgan fingerprint density at radius 3 is 1.35 bits per heavy atom. The third kappa shape index (κ3) is 7.48. The van der Waals surface area contributed by atoms with Crippen molar-refractivity contribution in [1.82, 2.24) is 0 Å². The maximum Gasteiger partial charge on any atom is 0.417 e. The number of ether oxygens (including phenoxy) is 2. The predicted molar refractivity (Wildman–Crippen MR) is 76.4 cm³/mol. The van der Waals surface area contributed by atoms with Crippen LogP contribution in [0.5, 0.6) is 0 Å². The lowest BCUT2D eigenvalue weighted by Crippen LogP contribution is -2.29. The molecule has 0 N–H and O–H groups in total. The average molecular weight is 278 g/mol. The fraction of sp³-hybridized carbons (Fsp3) is 0.625. The second-order valence-corrected chi connectivity index (χ2v) is 5.67. The zero-order valence-electron chi connectivity index (χ0n) is 13.0. The molecular formula is C16H22O4. The maximum atomic E-state index is 11.5. The second kappa shape index (κ2) is 7.60. The van der Waals surface area contributed by atoms with Crippen molar-refractivity contribution < 1.29 is 19.1 Å². The zero-order chi connectivity index (χ0) is 15.8. The predicted octanol–water partition coefficient (Wildman–Crippen LogP) is 2.17. The molecule has 0 amide bonds. The van der Waals surface area contributed by atoms with Gasteiger partial charge in [0.1, 0.15) is 13.2 Å². The molecule has 0 saturated heterocycles. The molecule has 4 nitrogen and oxygen atoms in total. The molecule has 0 unspecified atom stereocenters. The van der Waals surface area contributed by atoms with Crippen LogP contribution in [0.1, 0.15) is 41.5 Å². The van der Waals surface area contributed by atoms with Gasteiger partial charge in [0.05, 0.1) is 10.8 Å². The van der Waals surface area contributed by atoms with Crippen molar-refractivity contribution in [1.29, 1.82) is 0 Å². The van der Waals surface area contributed by atoms with Crippen LogP contribution in [0.25, 0.3) is 0 Å². The Morgan fingerprint density at radius 1 is 0.800 bits per heavy atom. The van der Waals surface area contributed by atoms with Crippen LogP contribution in [0.3, 0.4) is 0 Å². The van der Waals surface area contributed by atoms with Crippen molar-refractivity contribution in [2.24, 2.45) is 10.8 Å². The Kier molecular flexibility index (Phi) is 6.86. The van der Waals surface area contributed by atoms with Gasteiger partial charge in [-0.25, -0.2) is 9.59 Å². The first kappa shape index (κ1) is 18.1. The van der Waals surface area contributed by atoms with Crippen LogP contribution in [0.2, 0.25) is 0 Å². The Balaban J connectivity index is 4.32. The summed E-state index contributed by atoms with van der Waals surface area (Å²) in [5.74, 6) is 9.27. The molecule has 0 radical (unpaired) electrons. The van der Waals surface area contributed by atoms with E-state index in [0.29, 0.717) is 0 Å². The fourth-order valence-electron chi connectivity index (χ4n) is 1.36. The average Bonchev–Trinajstić information content (AvgIpc) is 2.33. The van der Waals surface area contributed by atoms with Crippen molar-refractivity contribution in [2.45, 2.75) is 41.5 Å². The molecule has 0 aromatic rings. The van der Waals surface area contributed by atoms with E-state index in [2.05, 4.69) is 23.7 Å². The normalized spacial score (nSPS) is 10.5. The van der Waals surface area contributed by atoms with Crippen molar-refractivity contribution in [2.75, 3.05) is 13.2 Å². The van der Waals surface area contributed by atoms with Crippen molar-refractivity contribution >= 4 is 11.9 Å². The molecular weight excluding hydrogens is 256 g/mol. The van der Waals surface area contributed by atoms with E-state index in [1.807, 2.05) is 27.7 Å². The Hall–Kier alpha value is -1.94. The van der Waals surface area contributed by atoms with Gasteiger partial charge in [-0.1, -0.05) is 11.8 Å². The van der Waals surface area contributed by atoms with E-state index in [1.54, 1.807) is 13.8 Å². The van der Waals surface area contributed by atoms with E-state index < -0.39 is 22.8 Å². The summed E-state index contributed by atoms with van der Waals surface area (Å²) >= 11 is 0. The van der Waals surface area contributed by atoms with Gasteiger partial charge in [-0.3, -0.25) is 0 Å². The molecule has 20 heavy (non-hydrogen) atoms. The van der Waals surface area contributed by atoms with E-state index in [4.69, 9.17) is 9.47 Å². The van der Waals surface area contributed by atoms with Crippen LogP contribution in [0.15, 0.2) is 0 Å². The van der Waals surface area contributed by atoms with E-state index in [9.17, 15) is 9.59 Å². The summed E-state index contributed by atoms with van der Waals surface area (Å²) < 4.78 is 9.79. The highest BCUT2D eigenvalue weighted by Crippen LogP contribution is 2.15. The van der Waals surface area contributed by atoms with Gasteiger partial charge in [0.15, 0.2) is 0 Å². The third-order valence-electron chi connectivity index (χ3n) is 2.22. The molecule has 0 aliphatic heterocycles. The summed E-state index contributed by atoms with van der Waals surface area (Å²) in [6, 6.07) is 0. The Labute approximate surface area is 121 Å². The highest BCUT2D eigenvalue weighted by Gasteiger charge is 2.25. The van der Waals surface area contributed by atoms with Crippen molar-refractivity contribution in [3.63, 3.8) is 0 Å². The molecule has 0 aliphatic rings. The lowest BCUT2D eigenvalue weighted by Gasteiger charge is -2.18. The highest BCUT2D eigenvalue weighted by atomic mass is 16.6.